The summed E-state index contributed by atoms with van der Waals surface area (Å²) in [4.78, 5) is 20.4. The Morgan fingerprint density at radius 1 is 1.35 bits per heavy atom. The fourth-order valence-corrected chi connectivity index (χ4v) is 2.51. The van der Waals surface area contributed by atoms with Crippen molar-refractivity contribution in [2.24, 2.45) is 0 Å². The summed E-state index contributed by atoms with van der Waals surface area (Å²) in [5, 5.41) is 3.25. The summed E-state index contributed by atoms with van der Waals surface area (Å²) >= 11 is 6.13. The number of carbonyl (C=O) groups is 1. The van der Waals surface area contributed by atoms with E-state index in [0.717, 1.165) is 11.2 Å². The lowest BCUT2D eigenvalue weighted by Gasteiger charge is -2.11. The number of hydrogen-bond donors (Lipinski definition) is 1. The molecular weight excluding hydrogens is 312 g/mol. The molecule has 0 aliphatic rings. The number of halogens is 1. The number of carbonyl (C=O) groups excluding carboxylic acids is 1. The molecule has 1 atom stereocenters. The Labute approximate surface area is 138 Å². The van der Waals surface area contributed by atoms with Crippen molar-refractivity contribution in [3.63, 3.8) is 0 Å². The molecule has 23 heavy (non-hydrogen) atoms. The second kappa shape index (κ2) is 6.62. The second-order valence-corrected chi connectivity index (χ2v) is 5.42. The Morgan fingerprint density at radius 3 is 3.00 bits per heavy atom. The minimum absolute atomic E-state index is 0.126. The quantitative estimate of drug-likeness (QED) is 0.748. The van der Waals surface area contributed by atoms with Crippen molar-refractivity contribution in [1.29, 1.82) is 0 Å². The Hall–Kier alpha value is -2.66. The highest BCUT2D eigenvalue weighted by Crippen LogP contribution is 2.19. The van der Waals surface area contributed by atoms with Gasteiger partial charge in [-0.1, -0.05) is 23.7 Å². The lowest BCUT2D eigenvalue weighted by Crippen LogP contribution is -2.24. The molecule has 3 aromatic rings. The van der Waals surface area contributed by atoms with Crippen LogP contribution in [-0.2, 0) is 4.79 Å². The molecular formula is C17H15ClN4O. The summed E-state index contributed by atoms with van der Waals surface area (Å²) in [6, 6.07) is 9.25. The van der Waals surface area contributed by atoms with Crippen LogP contribution in [0.4, 0.5) is 0 Å². The standard InChI is InChI=1S/C17H15ClN4O/c1-12(13-5-4-9-19-11-13)20-16(23)8-7-14-17(18)21-15-6-2-3-10-22(14)15/h2-12H,1H3,(H,20,23)/b8-7+. The lowest BCUT2D eigenvalue weighted by atomic mass is 10.1. The van der Waals surface area contributed by atoms with Gasteiger partial charge in [0.05, 0.1) is 11.7 Å². The number of rotatable bonds is 4. The summed E-state index contributed by atoms with van der Waals surface area (Å²) in [6.07, 6.45) is 8.40. The molecule has 0 saturated carbocycles. The average molecular weight is 327 g/mol. The maximum absolute atomic E-state index is 12.1. The first-order valence-corrected chi connectivity index (χ1v) is 7.54. The molecule has 0 bridgehead atoms. The van der Waals surface area contributed by atoms with Crippen molar-refractivity contribution < 1.29 is 4.79 Å². The Morgan fingerprint density at radius 2 is 2.22 bits per heavy atom. The number of imidazole rings is 1. The van der Waals surface area contributed by atoms with E-state index in [1.165, 1.54) is 6.08 Å². The highest BCUT2D eigenvalue weighted by molar-refractivity contribution is 6.31. The van der Waals surface area contributed by atoms with Gasteiger partial charge in [0.15, 0.2) is 5.15 Å². The Balaban J connectivity index is 1.74. The van der Waals surface area contributed by atoms with Gasteiger partial charge >= 0.3 is 0 Å². The van der Waals surface area contributed by atoms with E-state index in [4.69, 9.17) is 11.6 Å². The Bertz CT molecular complexity index is 857. The molecule has 0 aliphatic carbocycles. The molecule has 6 heteroatoms. The summed E-state index contributed by atoms with van der Waals surface area (Å²) in [6.45, 7) is 1.91. The third kappa shape index (κ3) is 3.40. The summed E-state index contributed by atoms with van der Waals surface area (Å²) in [5.41, 5.74) is 2.36. The fourth-order valence-electron chi connectivity index (χ4n) is 2.27. The molecule has 0 saturated heterocycles. The number of nitrogens with one attached hydrogen (secondary N) is 1. The smallest absolute Gasteiger partial charge is 0.244 e. The van der Waals surface area contributed by atoms with Crippen LogP contribution in [0.15, 0.2) is 55.0 Å². The molecule has 1 amide bonds. The third-order valence-electron chi connectivity index (χ3n) is 3.46. The third-order valence-corrected chi connectivity index (χ3v) is 3.74. The molecule has 116 valence electrons. The lowest BCUT2D eigenvalue weighted by molar-refractivity contribution is -0.117. The van der Waals surface area contributed by atoms with Crippen LogP contribution in [0.25, 0.3) is 11.7 Å². The van der Waals surface area contributed by atoms with Crippen molar-refractivity contribution in [3.05, 3.63) is 71.4 Å². The molecule has 0 aliphatic heterocycles. The molecule has 5 nitrogen and oxygen atoms in total. The van der Waals surface area contributed by atoms with Gasteiger partial charge in [0.2, 0.25) is 5.91 Å². The predicted octanol–water partition coefficient (Wildman–Crippen LogP) is 3.27. The largest absolute Gasteiger partial charge is 0.346 e. The molecule has 0 aromatic carbocycles. The maximum atomic E-state index is 12.1. The molecule has 3 aromatic heterocycles. The van der Waals surface area contributed by atoms with Crippen LogP contribution in [0.3, 0.4) is 0 Å². The van der Waals surface area contributed by atoms with Gasteiger partial charge < -0.3 is 5.32 Å². The highest BCUT2D eigenvalue weighted by atomic mass is 35.5. The number of amides is 1. The number of pyridine rings is 2. The van der Waals surface area contributed by atoms with Crippen molar-refractivity contribution in [2.45, 2.75) is 13.0 Å². The molecule has 0 fully saturated rings. The first kappa shape index (κ1) is 15.2. The van der Waals surface area contributed by atoms with Gasteiger partial charge in [0, 0.05) is 24.7 Å². The van der Waals surface area contributed by atoms with Gasteiger partial charge in [0.25, 0.3) is 0 Å². The fraction of sp³-hybridized carbons (Fsp3) is 0.118. The van der Waals surface area contributed by atoms with Gasteiger partial charge in [0.1, 0.15) is 5.65 Å². The number of aromatic nitrogens is 3. The van der Waals surface area contributed by atoms with E-state index in [0.29, 0.717) is 10.8 Å². The van der Waals surface area contributed by atoms with E-state index >= 15 is 0 Å². The monoisotopic (exact) mass is 326 g/mol. The molecule has 1 N–H and O–H groups in total. The summed E-state index contributed by atoms with van der Waals surface area (Å²) in [5.74, 6) is -0.205. The van der Waals surface area contributed by atoms with Gasteiger partial charge in [-0.25, -0.2) is 4.98 Å². The van der Waals surface area contributed by atoms with Gasteiger partial charge in [-0.2, -0.15) is 0 Å². The van der Waals surface area contributed by atoms with Crippen LogP contribution < -0.4 is 5.32 Å². The van der Waals surface area contributed by atoms with E-state index < -0.39 is 0 Å². The van der Waals surface area contributed by atoms with Gasteiger partial charge in [-0.3, -0.25) is 14.2 Å². The zero-order chi connectivity index (χ0) is 16.2. The SMILES string of the molecule is CC(NC(=O)/C=C/c1c(Cl)nc2ccccn12)c1cccnc1. The second-order valence-electron chi connectivity index (χ2n) is 5.07. The molecule has 1 unspecified atom stereocenters. The molecule has 3 rings (SSSR count). The van der Waals surface area contributed by atoms with E-state index in [2.05, 4.69) is 15.3 Å². The summed E-state index contributed by atoms with van der Waals surface area (Å²) < 4.78 is 1.83. The number of hydrogen-bond acceptors (Lipinski definition) is 3. The van der Waals surface area contributed by atoms with E-state index in [1.807, 2.05) is 47.9 Å². The van der Waals surface area contributed by atoms with Crippen molar-refractivity contribution in [3.8, 4) is 0 Å². The first-order chi connectivity index (χ1) is 11.1. The average Bonchev–Trinajstić information content (AvgIpc) is 2.89. The predicted molar refractivity (Wildman–Crippen MR) is 90.0 cm³/mol. The molecule has 3 heterocycles. The number of nitrogens with zero attached hydrogens (tertiary/aromatic N) is 3. The van der Waals surface area contributed by atoms with Gasteiger partial charge in [-0.15, -0.1) is 0 Å². The highest BCUT2D eigenvalue weighted by Gasteiger charge is 2.09. The van der Waals surface area contributed by atoms with E-state index in [-0.39, 0.29) is 11.9 Å². The minimum atomic E-state index is -0.205. The van der Waals surface area contributed by atoms with Crippen LogP contribution >= 0.6 is 11.6 Å². The van der Waals surface area contributed by atoms with Crippen molar-refractivity contribution >= 4 is 29.2 Å². The maximum Gasteiger partial charge on any atom is 0.244 e. The van der Waals surface area contributed by atoms with Crippen LogP contribution in [0.2, 0.25) is 5.15 Å². The van der Waals surface area contributed by atoms with Crippen molar-refractivity contribution in [1.82, 2.24) is 19.7 Å². The zero-order valence-corrected chi connectivity index (χ0v) is 13.2. The normalized spacial score (nSPS) is 12.6. The zero-order valence-electron chi connectivity index (χ0n) is 12.5. The molecule has 0 spiro atoms. The van der Waals surface area contributed by atoms with Crippen molar-refractivity contribution in [2.75, 3.05) is 0 Å². The van der Waals surface area contributed by atoms with Crippen LogP contribution in [0, 0.1) is 0 Å². The number of fused-ring (bicyclic) bond motifs is 1. The first-order valence-electron chi connectivity index (χ1n) is 7.16. The van der Waals surface area contributed by atoms with E-state index in [9.17, 15) is 4.79 Å². The van der Waals surface area contributed by atoms with E-state index in [1.54, 1.807) is 18.5 Å². The van der Waals surface area contributed by atoms with Gasteiger partial charge in [-0.05, 0) is 36.8 Å². The van der Waals surface area contributed by atoms with Crippen LogP contribution in [0.1, 0.15) is 24.2 Å². The molecule has 0 radical (unpaired) electrons. The summed E-state index contributed by atoms with van der Waals surface area (Å²) in [7, 11) is 0. The topological polar surface area (TPSA) is 59.3 Å². The van der Waals surface area contributed by atoms with Crippen LogP contribution in [0.5, 0.6) is 0 Å². The van der Waals surface area contributed by atoms with Crippen LogP contribution in [-0.4, -0.2) is 20.3 Å². The Kier molecular flexibility index (Phi) is 4.39. The minimum Gasteiger partial charge on any atom is -0.346 e.